The van der Waals surface area contributed by atoms with Crippen LogP contribution in [-0.4, -0.2) is 24.5 Å². The van der Waals surface area contributed by atoms with Gasteiger partial charge in [-0.2, -0.15) is 0 Å². The number of ether oxygens (including phenoxy) is 2. The SMILES string of the molecule is C[C@H]1CC[C@@]2(OC1)O[C@H]1C[C@H]3[C@@H]4CC[C@@H]5C[C@@H](N)CC[C@]5(C)C4CC[C@]3(C)[C@H]1[C@@H]2C. The molecule has 0 aromatic carbocycles. The summed E-state index contributed by atoms with van der Waals surface area (Å²) in [6, 6.07) is 0.461. The van der Waals surface area contributed by atoms with Crippen molar-refractivity contribution >= 4 is 0 Å². The molecule has 12 atom stereocenters. The minimum Gasteiger partial charge on any atom is -0.349 e. The molecule has 6 aliphatic rings. The quantitative estimate of drug-likeness (QED) is 0.547. The Morgan fingerprint density at radius 1 is 0.833 bits per heavy atom. The van der Waals surface area contributed by atoms with Crippen LogP contribution in [-0.2, 0) is 9.47 Å². The summed E-state index contributed by atoms with van der Waals surface area (Å²) in [5.41, 5.74) is 7.40. The van der Waals surface area contributed by atoms with E-state index < -0.39 is 0 Å². The molecule has 2 heterocycles. The van der Waals surface area contributed by atoms with Gasteiger partial charge in [0.2, 0.25) is 0 Å². The number of hydrogen-bond acceptors (Lipinski definition) is 3. The van der Waals surface area contributed by atoms with Crippen molar-refractivity contribution in [2.24, 2.45) is 58.0 Å². The van der Waals surface area contributed by atoms with Crippen LogP contribution < -0.4 is 5.73 Å². The number of fused-ring (bicyclic) bond motifs is 7. The summed E-state index contributed by atoms with van der Waals surface area (Å²) in [7, 11) is 0. The standard InChI is InChI=1S/C27H45NO2/c1-16-7-12-27(29-15-16)17(2)24-23(30-27)14-22-20-6-5-18-13-19(28)8-10-25(18,3)21(20)9-11-26(22,24)4/h16-24H,5-15,28H2,1-4H3/t16-,17-,18+,19-,20+,21?,22-,23-,24-,25-,26-,27+/m0/s1. The van der Waals surface area contributed by atoms with E-state index in [-0.39, 0.29) is 5.79 Å². The summed E-state index contributed by atoms with van der Waals surface area (Å²) in [4.78, 5) is 0. The first-order valence-electron chi connectivity index (χ1n) is 13.3. The fourth-order valence-corrected chi connectivity index (χ4v) is 10.3. The van der Waals surface area contributed by atoms with E-state index in [9.17, 15) is 0 Å². The number of rotatable bonds is 0. The minimum absolute atomic E-state index is 0.268. The topological polar surface area (TPSA) is 44.5 Å². The molecule has 3 nitrogen and oxygen atoms in total. The predicted octanol–water partition coefficient (Wildman–Crippen LogP) is 5.76. The predicted molar refractivity (Wildman–Crippen MR) is 120 cm³/mol. The maximum absolute atomic E-state index is 6.92. The van der Waals surface area contributed by atoms with Crippen molar-refractivity contribution in [1.29, 1.82) is 0 Å². The summed E-state index contributed by atoms with van der Waals surface area (Å²) in [6.07, 6.45) is 13.7. The van der Waals surface area contributed by atoms with Crippen molar-refractivity contribution < 1.29 is 9.47 Å². The summed E-state index contributed by atoms with van der Waals surface area (Å²) in [5, 5.41) is 0. The first-order valence-corrected chi connectivity index (χ1v) is 13.3. The highest BCUT2D eigenvalue weighted by Crippen LogP contribution is 2.71. The van der Waals surface area contributed by atoms with Crippen LogP contribution in [0.5, 0.6) is 0 Å². The first kappa shape index (κ1) is 20.5. The van der Waals surface area contributed by atoms with Gasteiger partial charge in [-0.15, -0.1) is 0 Å². The molecule has 0 radical (unpaired) electrons. The zero-order valence-electron chi connectivity index (χ0n) is 19.9. The van der Waals surface area contributed by atoms with E-state index in [0.717, 1.165) is 36.7 Å². The zero-order chi connectivity index (χ0) is 20.9. The van der Waals surface area contributed by atoms with Gasteiger partial charge in [0.15, 0.2) is 5.79 Å². The third-order valence-corrected chi connectivity index (χ3v) is 12.0. The van der Waals surface area contributed by atoms with Crippen molar-refractivity contribution in [1.82, 2.24) is 0 Å². The fourth-order valence-electron chi connectivity index (χ4n) is 10.3. The molecular weight excluding hydrogens is 370 g/mol. The van der Waals surface area contributed by atoms with Gasteiger partial charge in [0.1, 0.15) is 0 Å². The van der Waals surface area contributed by atoms with Gasteiger partial charge in [-0.25, -0.2) is 0 Å². The highest BCUT2D eigenvalue weighted by atomic mass is 16.7. The molecule has 1 spiro atoms. The molecule has 2 N–H and O–H groups in total. The molecule has 0 bridgehead atoms. The van der Waals surface area contributed by atoms with Crippen molar-refractivity contribution in [2.45, 2.75) is 110 Å². The van der Waals surface area contributed by atoms with E-state index in [1.807, 2.05) is 0 Å². The molecular formula is C27H45NO2. The summed E-state index contributed by atoms with van der Waals surface area (Å²) >= 11 is 0. The third-order valence-electron chi connectivity index (χ3n) is 12.0. The lowest BCUT2D eigenvalue weighted by molar-refractivity contribution is -0.273. The van der Waals surface area contributed by atoms with E-state index in [2.05, 4.69) is 27.7 Å². The maximum Gasteiger partial charge on any atom is 0.171 e. The van der Waals surface area contributed by atoms with Crippen molar-refractivity contribution in [3.8, 4) is 0 Å². The number of hydrogen-bond donors (Lipinski definition) is 1. The lowest BCUT2D eigenvalue weighted by Crippen LogP contribution is -2.55. The van der Waals surface area contributed by atoms with Crippen LogP contribution in [0, 0.1) is 52.3 Å². The van der Waals surface area contributed by atoms with Crippen LogP contribution >= 0.6 is 0 Å². The summed E-state index contributed by atoms with van der Waals surface area (Å²) in [5.74, 6) is 5.25. The largest absolute Gasteiger partial charge is 0.349 e. The Labute approximate surface area is 184 Å². The second-order valence-corrected chi connectivity index (χ2v) is 13.2. The van der Waals surface area contributed by atoms with E-state index >= 15 is 0 Å². The molecule has 0 aromatic heterocycles. The third kappa shape index (κ3) is 2.61. The lowest BCUT2D eigenvalue weighted by Gasteiger charge is -2.61. The van der Waals surface area contributed by atoms with Gasteiger partial charge >= 0.3 is 0 Å². The molecule has 4 aliphatic carbocycles. The Morgan fingerprint density at radius 2 is 1.63 bits per heavy atom. The zero-order valence-corrected chi connectivity index (χ0v) is 19.9. The molecule has 30 heavy (non-hydrogen) atoms. The normalized spacial score (nSPS) is 62.5. The van der Waals surface area contributed by atoms with Gasteiger partial charge in [0, 0.05) is 18.4 Å². The van der Waals surface area contributed by atoms with Gasteiger partial charge in [-0.3, -0.25) is 0 Å². The second-order valence-electron chi connectivity index (χ2n) is 13.2. The molecule has 2 saturated heterocycles. The van der Waals surface area contributed by atoms with Crippen LogP contribution in [0.15, 0.2) is 0 Å². The smallest absolute Gasteiger partial charge is 0.171 e. The fraction of sp³-hybridized carbons (Fsp3) is 1.00. The number of nitrogens with two attached hydrogens (primary N) is 1. The van der Waals surface area contributed by atoms with E-state index in [0.29, 0.717) is 40.7 Å². The molecule has 6 rings (SSSR count). The maximum atomic E-state index is 6.92. The van der Waals surface area contributed by atoms with E-state index in [1.54, 1.807) is 0 Å². The highest BCUT2D eigenvalue weighted by molar-refractivity contribution is 5.15. The minimum atomic E-state index is -0.268. The van der Waals surface area contributed by atoms with Crippen LogP contribution in [0.2, 0.25) is 0 Å². The molecule has 6 fully saturated rings. The van der Waals surface area contributed by atoms with Crippen LogP contribution in [0.25, 0.3) is 0 Å². The van der Waals surface area contributed by atoms with Crippen LogP contribution in [0.4, 0.5) is 0 Å². The molecule has 0 amide bonds. The monoisotopic (exact) mass is 415 g/mol. The molecule has 170 valence electrons. The molecule has 3 heteroatoms. The molecule has 1 unspecified atom stereocenters. The van der Waals surface area contributed by atoms with Crippen molar-refractivity contribution in [3.05, 3.63) is 0 Å². The highest BCUT2D eigenvalue weighted by Gasteiger charge is 2.69. The van der Waals surface area contributed by atoms with Crippen molar-refractivity contribution in [2.75, 3.05) is 6.61 Å². The van der Waals surface area contributed by atoms with E-state index in [4.69, 9.17) is 15.2 Å². The Bertz CT molecular complexity index is 686. The van der Waals surface area contributed by atoms with Crippen molar-refractivity contribution in [3.63, 3.8) is 0 Å². The summed E-state index contributed by atoms with van der Waals surface area (Å²) < 4.78 is 13.4. The first-order chi connectivity index (χ1) is 14.3. The van der Waals surface area contributed by atoms with Gasteiger partial charge in [0.05, 0.1) is 12.7 Å². The van der Waals surface area contributed by atoms with E-state index in [1.165, 1.54) is 57.8 Å². The summed E-state index contributed by atoms with van der Waals surface area (Å²) in [6.45, 7) is 11.0. The van der Waals surface area contributed by atoms with Gasteiger partial charge in [0.25, 0.3) is 0 Å². The molecule has 0 aromatic rings. The van der Waals surface area contributed by atoms with Crippen LogP contribution in [0.3, 0.4) is 0 Å². The molecule has 4 saturated carbocycles. The Balaban J connectivity index is 1.26. The van der Waals surface area contributed by atoms with Gasteiger partial charge < -0.3 is 15.2 Å². The Morgan fingerprint density at radius 3 is 2.40 bits per heavy atom. The Kier molecular flexibility index (Phi) is 4.58. The average molecular weight is 416 g/mol. The lowest BCUT2D eigenvalue weighted by atomic mass is 9.44. The van der Waals surface area contributed by atoms with Gasteiger partial charge in [-0.1, -0.05) is 27.7 Å². The molecule has 2 aliphatic heterocycles. The average Bonchev–Trinajstić information content (AvgIpc) is 3.16. The Hall–Kier alpha value is -0.120. The second kappa shape index (κ2) is 6.70. The van der Waals surface area contributed by atoms with Crippen LogP contribution in [0.1, 0.15) is 91.9 Å². The van der Waals surface area contributed by atoms with Gasteiger partial charge in [-0.05, 0) is 104 Å².